The molecule has 0 radical (unpaired) electrons. The second kappa shape index (κ2) is 5.19. The van der Waals surface area contributed by atoms with Crippen LogP contribution >= 0.6 is 27.5 Å². The van der Waals surface area contributed by atoms with Gasteiger partial charge in [-0.1, -0.05) is 6.42 Å². The molecular weight excluding hydrogens is 293 g/mol. The molecule has 1 aromatic rings. The van der Waals surface area contributed by atoms with Gasteiger partial charge in [-0.25, -0.2) is 4.98 Å². The van der Waals surface area contributed by atoms with Crippen molar-refractivity contribution in [2.24, 2.45) is 5.92 Å². The zero-order chi connectivity index (χ0) is 11.5. The number of alkyl halides is 1. The number of nitrogens with zero attached hydrogens (tertiary/aromatic N) is 1. The standard InChI is InChI=1S/C10H13BrClN3O/c11-8-9(14-5-15-10(8)16)13-4-6-2-1-3-7(6)12/h5-7H,1-4H2,(H2,13,14,15,16). The Morgan fingerprint density at radius 2 is 2.44 bits per heavy atom. The van der Waals surface area contributed by atoms with Crippen molar-refractivity contribution in [1.82, 2.24) is 9.97 Å². The maximum absolute atomic E-state index is 11.3. The molecule has 16 heavy (non-hydrogen) atoms. The Balaban J connectivity index is 1.99. The SMILES string of the molecule is O=c1[nH]cnc(NCC2CCCC2Cl)c1Br. The Hall–Kier alpha value is -0.550. The fraction of sp³-hybridized carbons (Fsp3) is 0.600. The molecule has 0 spiro atoms. The molecule has 0 aliphatic heterocycles. The molecule has 1 saturated carbocycles. The lowest BCUT2D eigenvalue weighted by molar-refractivity contribution is 0.585. The van der Waals surface area contributed by atoms with E-state index < -0.39 is 0 Å². The number of anilines is 1. The molecule has 0 aromatic carbocycles. The highest BCUT2D eigenvalue weighted by atomic mass is 79.9. The van der Waals surface area contributed by atoms with Crippen LogP contribution in [0, 0.1) is 5.92 Å². The second-order valence-corrected chi connectivity index (χ2v) is 5.34. The molecule has 2 rings (SSSR count). The van der Waals surface area contributed by atoms with Crippen LogP contribution in [0.15, 0.2) is 15.6 Å². The highest BCUT2D eigenvalue weighted by Crippen LogP contribution is 2.30. The van der Waals surface area contributed by atoms with Gasteiger partial charge < -0.3 is 10.3 Å². The van der Waals surface area contributed by atoms with E-state index in [2.05, 4.69) is 31.2 Å². The lowest BCUT2D eigenvalue weighted by Gasteiger charge is -2.15. The number of nitrogens with one attached hydrogen (secondary N) is 2. The van der Waals surface area contributed by atoms with Gasteiger partial charge in [-0.05, 0) is 34.7 Å². The van der Waals surface area contributed by atoms with Crippen LogP contribution < -0.4 is 10.9 Å². The summed E-state index contributed by atoms with van der Waals surface area (Å²) in [6.45, 7) is 0.767. The first-order valence-corrected chi connectivity index (χ1v) is 6.52. The molecular formula is C10H13BrClN3O. The molecule has 2 atom stereocenters. The summed E-state index contributed by atoms with van der Waals surface area (Å²) in [4.78, 5) is 17.9. The van der Waals surface area contributed by atoms with Crippen LogP contribution in [-0.2, 0) is 0 Å². The molecule has 0 bridgehead atoms. The third kappa shape index (κ3) is 2.58. The van der Waals surface area contributed by atoms with E-state index >= 15 is 0 Å². The monoisotopic (exact) mass is 305 g/mol. The van der Waals surface area contributed by atoms with E-state index in [1.165, 1.54) is 12.7 Å². The summed E-state index contributed by atoms with van der Waals surface area (Å²) in [6, 6.07) is 0. The smallest absolute Gasteiger partial charge is 0.267 e. The number of halogens is 2. The maximum atomic E-state index is 11.3. The van der Waals surface area contributed by atoms with Crippen LogP contribution in [0.5, 0.6) is 0 Å². The molecule has 0 amide bonds. The first-order valence-electron chi connectivity index (χ1n) is 5.29. The molecule has 1 aliphatic rings. The second-order valence-electron chi connectivity index (χ2n) is 3.98. The van der Waals surface area contributed by atoms with E-state index in [1.807, 2.05) is 0 Å². The van der Waals surface area contributed by atoms with Crippen LogP contribution in [0.25, 0.3) is 0 Å². The average Bonchev–Trinajstić information content (AvgIpc) is 2.67. The molecule has 88 valence electrons. The fourth-order valence-corrected chi connectivity index (χ4v) is 2.68. The van der Waals surface area contributed by atoms with Crippen LogP contribution in [-0.4, -0.2) is 21.9 Å². The highest BCUT2D eigenvalue weighted by Gasteiger charge is 2.25. The summed E-state index contributed by atoms with van der Waals surface area (Å²) in [7, 11) is 0. The fourth-order valence-electron chi connectivity index (χ4n) is 1.96. The van der Waals surface area contributed by atoms with E-state index in [4.69, 9.17) is 11.6 Å². The molecule has 1 fully saturated rings. The quantitative estimate of drug-likeness (QED) is 0.843. The van der Waals surface area contributed by atoms with Crippen molar-refractivity contribution in [3.05, 3.63) is 21.2 Å². The number of H-pyrrole nitrogens is 1. The largest absolute Gasteiger partial charge is 0.369 e. The number of aromatic nitrogens is 2. The average molecular weight is 307 g/mol. The van der Waals surface area contributed by atoms with Crippen LogP contribution in [0.4, 0.5) is 5.82 Å². The summed E-state index contributed by atoms with van der Waals surface area (Å²) < 4.78 is 0.444. The van der Waals surface area contributed by atoms with Crippen molar-refractivity contribution < 1.29 is 0 Å². The molecule has 1 aliphatic carbocycles. The number of aromatic amines is 1. The van der Waals surface area contributed by atoms with E-state index in [1.54, 1.807) is 0 Å². The van der Waals surface area contributed by atoms with Crippen molar-refractivity contribution in [1.29, 1.82) is 0 Å². The lowest BCUT2D eigenvalue weighted by Crippen LogP contribution is -2.20. The van der Waals surface area contributed by atoms with E-state index in [-0.39, 0.29) is 10.9 Å². The number of hydrogen-bond donors (Lipinski definition) is 2. The zero-order valence-electron chi connectivity index (χ0n) is 8.67. The van der Waals surface area contributed by atoms with Crippen LogP contribution in [0.2, 0.25) is 0 Å². The van der Waals surface area contributed by atoms with Gasteiger partial charge >= 0.3 is 0 Å². The first kappa shape index (κ1) is 11.9. The van der Waals surface area contributed by atoms with Gasteiger partial charge in [-0.2, -0.15) is 0 Å². The number of hydrogen-bond acceptors (Lipinski definition) is 3. The van der Waals surface area contributed by atoms with Gasteiger partial charge in [0.2, 0.25) is 0 Å². The Kier molecular flexibility index (Phi) is 3.86. The number of rotatable bonds is 3. The minimum atomic E-state index is -0.175. The molecule has 2 N–H and O–H groups in total. The Morgan fingerprint density at radius 1 is 1.62 bits per heavy atom. The van der Waals surface area contributed by atoms with Crippen molar-refractivity contribution in [2.75, 3.05) is 11.9 Å². The van der Waals surface area contributed by atoms with Gasteiger partial charge in [0.25, 0.3) is 5.56 Å². The minimum absolute atomic E-state index is 0.175. The summed E-state index contributed by atoms with van der Waals surface area (Å²) >= 11 is 9.38. The highest BCUT2D eigenvalue weighted by molar-refractivity contribution is 9.10. The minimum Gasteiger partial charge on any atom is -0.369 e. The summed E-state index contributed by atoms with van der Waals surface area (Å²) in [5, 5.41) is 3.41. The molecule has 6 heteroatoms. The predicted octanol–water partition coefficient (Wildman–Crippen LogP) is 2.35. The van der Waals surface area contributed by atoms with Crippen LogP contribution in [0.1, 0.15) is 19.3 Å². The lowest BCUT2D eigenvalue weighted by atomic mass is 10.1. The molecule has 4 nitrogen and oxygen atoms in total. The van der Waals surface area contributed by atoms with Crippen molar-refractivity contribution in [3.63, 3.8) is 0 Å². The Bertz CT molecular complexity index is 423. The van der Waals surface area contributed by atoms with Gasteiger partial charge in [-0.3, -0.25) is 4.79 Å². The Morgan fingerprint density at radius 3 is 3.12 bits per heavy atom. The van der Waals surface area contributed by atoms with Crippen molar-refractivity contribution in [3.8, 4) is 0 Å². The summed E-state index contributed by atoms with van der Waals surface area (Å²) in [6.07, 6.45) is 4.80. The van der Waals surface area contributed by atoms with Gasteiger partial charge in [0.05, 0.1) is 6.33 Å². The van der Waals surface area contributed by atoms with Gasteiger partial charge in [0, 0.05) is 11.9 Å². The molecule has 1 heterocycles. The topological polar surface area (TPSA) is 57.8 Å². The zero-order valence-corrected chi connectivity index (χ0v) is 11.0. The Labute approximate surface area is 107 Å². The third-order valence-corrected chi connectivity index (χ3v) is 4.20. The van der Waals surface area contributed by atoms with Gasteiger partial charge in [0.15, 0.2) is 0 Å². The molecule has 2 unspecified atom stereocenters. The van der Waals surface area contributed by atoms with E-state index in [0.717, 1.165) is 19.4 Å². The molecule has 0 saturated heterocycles. The molecule has 1 aromatic heterocycles. The maximum Gasteiger partial charge on any atom is 0.267 e. The predicted molar refractivity (Wildman–Crippen MR) is 68.0 cm³/mol. The van der Waals surface area contributed by atoms with Gasteiger partial charge in [-0.15, -0.1) is 11.6 Å². The first-order chi connectivity index (χ1) is 7.68. The van der Waals surface area contributed by atoms with Crippen molar-refractivity contribution >= 4 is 33.3 Å². The van der Waals surface area contributed by atoms with Crippen LogP contribution in [0.3, 0.4) is 0 Å². The third-order valence-electron chi connectivity index (χ3n) is 2.89. The van der Waals surface area contributed by atoms with Gasteiger partial charge in [0.1, 0.15) is 10.3 Å². The van der Waals surface area contributed by atoms with E-state index in [0.29, 0.717) is 16.2 Å². The van der Waals surface area contributed by atoms with Crippen molar-refractivity contribution in [2.45, 2.75) is 24.6 Å². The van der Waals surface area contributed by atoms with E-state index in [9.17, 15) is 4.79 Å². The summed E-state index contributed by atoms with van der Waals surface area (Å²) in [5.74, 6) is 1.05. The summed E-state index contributed by atoms with van der Waals surface area (Å²) in [5.41, 5.74) is -0.175. The normalized spacial score (nSPS) is 24.6.